The smallest absolute Gasteiger partial charge is 0.167 e. The van der Waals surface area contributed by atoms with Crippen molar-refractivity contribution in [3.8, 4) is 90.6 Å². The van der Waals surface area contributed by atoms with Gasteiger partial charge in [-0.2, -0.15) is 0 Å². The summed E-state index contributed by atoms with van der Waals surface area (Å²) in [5, 5.41) is 18.0. The maximum absolute atomic E-state index is 8.90. The van der Waals surface area contributed by atoms with E-state index in [1.54, 1.807) is 11.3 Å². The SMILES string of the molecule is [2H]c1c([2H])c([2H])c(-c2nc(-c3ccc4c(c3)sc3ccccc34)nc(-c3ccc(N4c5ccc6ccccc6c5-c5cccc6cccc4c56)c4ccccc34)n2)c([2H])c1[2H].c1ccc(-c2nc(-c3cc(N4c5ccc6ccccc6c5-c5cccc6cccc4c56)cc4ccccc34)nc(-c3cccc4c3oc3ccccc34)n2)cc1. The van der Waals surface area contributed by atoms with Crippen LogP contribution in [0.25, 0.3) is 197 Å². The van der Waals surface area contributed by atoms with Crippen LogP contribution < -0.4 is 9.80 Å². The van der Waals surface area contributed by atoms with Crippen LogP contribution >= 0.6 is 11.3 Å². The number of para-hydroxylation sites is 2. The van der Waals surface area contributed by atoms with E-state index in [0.29, 0.717) is 34.7 Å². The first-order chi connectivity index (χ1) is 57.6. The highest BCUT2D eigenvalue weighted by atomic mass is 32.1. The fourth-order valence-electron chi connectivity index (χ4n) is 17.2. The highest BCUT2D eigenvalue weighted by Gasteiger charge is 2.32. The Kier molecular flexibility index (Phi) is 13.2. The Morgan fingerprint density at radius 2 is 0.750 bits per heavy atom. The number of nitrogens with zero attached hydrogens (tertiary/aromatic N) is 8. The van der Waals surface area contributed by atoms with Gasteiger partial charge in [0.15, 0.2) is 34.9 Å². The first kappa shape index (κ1) is 58.3. The van der Waals surface area contributed by atoms with Crippen LogP contribution in [0.5, 0.6) is 0 Å². The van der Waals surface area contributed by atoms with E-state index in [9.17, 15) is 0 Å². The highest BCUT2D eigenvalue weighted by Crippen LogP contribution is 2.57. The second-order valence-electron chi connectivity index (χ2n) is 28.4. The summed E-state index contributed by atoms with van der Waals surface area (Å²) in [4.78, 5) is 35.4. The van der Waals surface area contributed by atoms with Gasteiger partial charge in [0, 0.05) is 91.7 Å². The molecular formula is C102H60N8OS. The van der Waals surface area contributed by atoms with E-state index in [1.165, 1.54) is 70.0 Å². The van der Waals surface area contributed by atoms with Gasteiger partial charge < -0.3 is 14.2 Å². The molecule has 9 nitrogen and oxygen atoms in total. The molecule has 4 aromatic heterocycles. The predicted molar refractivity (Wildman–Crippen MR) is 465 cm³/mol. The Labute approximate surface area is 653 Å². The van der Waals surface area contributed by atoms with Crippen molar-refractivity contribution in [1.29, 1.82) is 0 Å². The summed E-state index contributed by atoms with van der Waals surface area (Å²) in [5.41, 5.74) is 16.9. The van der Waals surface area contributed by atoms with Gasteiger partial charge in [0.1, 0.15) is 11.2 Å². The molecule has 24 rings (SSSR count). The second kappa shape index (κ2) is 25.4. The van der Waals surface area contributed by atoms with E-state index >= 15 is 0 Å². The summed E-state index contributed by atoms with van der Waals surface area (Å²) >= 11 is 1.68. The molecule has 0 radical (unpaired) electrons. The van der Waals surface area contributed by atoms with E-state index in [2.05, 4.69) is 252 Å². The number of rotatable bonds is 8. The number of benzene rings is 18. The maximum Gasteiger partial charge on any atom is 0.167 e. The third-order valence-corrected chi connectivity index (χ3v) is 23.3. The Balaban J connectivity index is 0.000000138. The number of hydrogen-bond donors (Lipinski definition) is 0. The van der Waals surface area contributed by atoms with Crippen LogP contribution in [-0.4, -0.2) is 29.9 Å². The molecule has 10 heteroatoms. The topological polar surface area (TPSA) is 97.0 Å². The molecule has 0 spiro atoms. The minimum atomic E-state index is -0.476. The van der Waals surface area contributed by atoms with E-state index in [0.717, 1.165) is 115 Å². The molecule has 0 fully saturated rings. The van der Waals surface area contributed by atoms with Crippen LogP contribution in [0.4, 0.5) is 34.1 Å². The normalized spacial score (nSPS) is 12.9. The van der Waals surface area contributed by atoms with Crippen molar-refractivity contribution in [2.45, 2.75) is 0 Å². The lowest BCUT2D eigenvalue weighted by atomic mass is 9.87. The summed E-state index contributed by atoms with van der Waals surface area (Å²) in [7, 11) is 0. The third-order valence-electron chi connectivity index (χ3n) is 22.1. The molecule has 2 aliphatic rings. The molecule has 0 atom stereocenters. The summed E-state index contributed by atoms with van der Waals surface area (Å²) in [6, 6.07) is 115. The lowest BCUT2D eigenvalue weighted by Gasteiger charge is -2.35. The highest BCUT2D eigenvalue weighted by molar-refractivity contribution is 7.25. The average Bonchev–Trinajstić information content (AvgIpc) is 1.47. The minimum Gasteiger partial charge on any atom is -0.455 e. The molecular weight excluding hydrogens is 1390 g/mol. The van der Waals surface area contributed by atoms with Crippen LogP contribution in [0, 0.1) is 0 Å². The average molecular weight is 1450 g/mol. The molecule has 0 saturated heterocycles. The van der Waals surface area contributed by atoms with E-state index < -0.39 is 18.1 Å². The van der Waals surface area contributed by atoms with Crippen LogP contribution in [0.2, 0.25) is 0 Å². The van der Waals surface area contributed by atoms with Gasteiger partial charge in [-0.05, 0) is 132 Å². The van der Waals surface area contributed by atoms with E-state index in [-0.39, 0.29) is 23.5 Å². The van der Waals surface area contributed by atoms with E-state index in [4.69, 9.17) is 41.2 Å². The van der Waals surface area contributed by atoms with Gasteiger partial charge in [0.25, 0.3) is 0 Å². The number of anilines is 6. The van der Waals surface area contributed by atoms with Crippen molar-refractivity contribution in [3.05, 3.63) is 364 Å². The molecule has 0 unspecified atom stereocenters. The second-order valence-corrected chi connectivity index (χ2v) is 29.4. The van der Waals surface area contributed by atoms with Crippen molar-refractivity contribution in [2.75, 3.05) is 9.80 Å². The molecule has 112 heavy (non-hydrogen) atoms. The Morgan fingerprint density at radius 3 is 1.46 bits per heavy atom. The monoisotopic (exact) mass is 1450 g/mol. The van der Waals surface area contributed by atoms with Gasteiger partial charge in [-0.1, -0.05) is 291 Å². The number of fused-ring (bicyclic) bond motifs is 16. The Hall–Kier alpha value is -14.8. The first-order valence-electron chi connectivity index (χ1n) is 39.8. The molecule has 0 amide bonds. The molecule has 0 aliphatic carbocycles. The molecule has 0 saturated carbocycles. The standard InChI is InChI=1S/C51H30N4O.C51H30N4S/c1-2-14-33(15-3-1)49-52-50(41-24-12-22-39-38-21-8-9-26-45(38)56-48(39)41)54-51(53-49)42-30-35(29-34-16-5-6-19-36(34)42)55-43-25-11-18-32-17-10-23-40(46(32)43)47-37-20-7-4-13-31(37)27-28-44(47)55;1-2-13-33(14-3-1)49-52-50(34-24-26-39-38-20-8-9-23-45(38)56-46(39)30-34)54-51(53-49)40-27-29-42(37-19-7-6-18-36(37)40)55-43-22-11-16-32-15-10-21-41(47(32)43)48-35-17-5-4-12-31(35)25-28-44(48)55/h2*1-30H/i;1D,2D,3D,13D,14D. The van der Waals surface area contributed by atoms with Gasteiger partial charge in [-0.25, -0.2) is 29.9 Å². The molecule has 520 valence electrons. The maximum atomic E-state index is 8.90. The first-order valence-corrected chi connectivity index (χ1v) is 38.1. The van der Waals surface area contributed by atoms with Gasteiger partial charge in [0.2, 0.25) is 0 Å². The van der Waals surface area contributed by atoms with Crippen LogP contribution in [0.3, 0.4) is 0 Å². The zero-order valence-corrected chi connectivity index (χ0v) is 60.5. The summed E-state index contributed by atoms with van der Waals surface area (Å²) < 4.78 is 51.8. The Bertz CT molecular complexity index is 7990. The molecule has 0 N–H and O–H groups in total. The Morgan fingerprint density at radius 1 is 0.259 bits per heavy atom. The van der Waals surface area contributed by atoms with Crippen molar-refractivity contribution in [2.24, 2.45) is 0 Å². The third kappa shape index (κ3) is 10.1. The molecule has 0 bridgehead atoms. The number of aromatic nitrogens is 6. The van der Waals surface area contributed by atoms with Crippen LogP contribution in [0.15, 0.2) is 368 Å². The lowest BCUT2D eigenvalue weighted by Crippen LogP contribution is -2.15. The fourth-order valence-corrected chi connectivity index (χ4v) is 18.3. The van der Waals surface area contributed by atoms with Crippen molar-refractivity contribution in [3.63, 3.8) is 0 Å². The van der Waals surface area contributed by atoms with Gasteiger partial charge in [-0.3, -0.25) is 0 Å². The quantitative estimate of drug-likeness (QED) is 0.147. The zero-order chi connectivity index (χ0) is 77.8. The van der Waals surface area contributed by atoms with Crippen molar-refractivity contribution < 1.29 is 11.3 Å². The van der Waals surface area contributed by atoms with Gasteiger partial charge >= 0.3 is 0 Å². The van der Waals surface area contributed by atoms with E-state index in [1.807, 2.05) is 91.0 Å². The fraction of sp³-hybridized carbons (Fsp3) is 0. The summed E-state index contributed by atoms with van der Waals surface area (Å²) in [5.74, 6) is 2.40. The van der Waals surface area contributed by atoms with Crippen molar-refractivity contribution >= 4 is 152 Å². The van der Waals surface area contributed by atoms with Crippen molar-refractivity contribution in [1.82, 2.24) is 29.9 Å². The molecule has 18 aromatic carbocycles. The largest absolute Gasteiger partial charge is 0.455 e. The predicted octanol–water partition coefficient (Wildman–Crippen LogP) is 27.8. The molecule has 22 aromatic rings. The van der Waals surface area contributed by atoms with Gasteiger partial charge in [-0.15, -0.1) is 11.3 Å². The minimum absolute atomic E-state index is 0.00159. The molecule has 6 heterocycles. The summed E-state index contributed by atoms with van der Waals surface area (Å²) in [6.45, 7) is 0. The lowest BCUT2D eigenvalue weighted by molar-refractivity contribution is 0.669. The zero-order valence-electron chi connectivity index (χ0n) is 64.6. The summed E-state index contributed by atoms with van der Waals surface area (Å²) in [6.07, 6.45) is 0. The van der Waals surface area contributed by atoms with Gasteiger partial charge in [0.05, 0.1) is 40.9 Å². The molecule has 2 aliphatic heterocycles. The number of thiophene rings is 1. The van der Waals surface area contributed by atoms with Crippen LogP contribution in [-0.2, 0) is 0 Å². The number of furan rings is 1. The number of hydrogen-bond acceptors (Lipinski definition) is 10. The van der Waals surface area contributed by atoms with Crippen LogP contribution in [0.1, 0.15) is 6.85 Å².